The van der Waals surface area contributed by atoms with Gasteiger partial charge in [-0.25, -0.2) is 0 Å². The van der Waals surface area contributed by atoms with E-state index < -0.39 is 0 Å². The molecule has 0 unspecified atom stereocenters. The molecule has 1 saturated heterocycles. The van der Waals surface area contributed by atoms with Crippen molar-refractivity contribution in [2.75, 3.05) is 6.54 Å². The number of hydrogen-bond acceptors (Lipinski definition) is 5. The Balaban J connectivity index is 1.77. The zero-order valence-corrected chi connectivity index (χ0v) is 12.0. The molecule has 1 aliphatic rings. The molecular formula is C13H13Cl2N3O2. The van der Waals surface area contributed by atoms with E-state index in [0.29, 0.717) is 41.1 Å². The Bertz CT molecular complexity index is 597. The molecule has 7 heteroatoms. The maximum Gasteiger partial charge on any atom is 0.243 e. The molecule has 1 aromatic heterocycles. The molecule has 0 spiro atoms. The van der Waals surface area contributed by atoms with Crippen molar-refractivity contribution in [1.82, 2.24) is 15.5 Å². The number of hydrogen-bond donors (Lipinski definition) is 2. The Morgan fingerprint density at radius 1 is 1.35 bits per heavy atom. The summed E-state index contributed by atoms with van der Waals surface area (Å²) in [5.74, 6) is 1.01. The number of β-amino-alcohol motifs (C(OH)–C–C–N with tert-alkyl or cyclic N) is 1. The SMILES string of the molecule is O[C@H]1CN[C@@H](c2nc(Cc3c(Cl)cccc3Cl)no2)C1. The van der Waals surface area contributed by atoms with Crippen molar-refractivity contribution in [3.05, 3.63) is 45.5 Å². The highest BCUT2D eigenvalue weighted by Crippen LogP contribution is 2.27. The van der Waals surface area contributed by atoms with Crippen molar-refractivity contribution in [3.8, 4) is 0 Å². The van der Waals surface area contributed by atoms with Gasteiger partial charge in [0.15, 0.2) is 5.82 Å². The van der Waals surface area contributed by atoms with E-state index in [1.54, 1.807) is 18.2 Å². The molecule has 0 amide bonds. The van der Waals surface area contributed by atoms with Crippen LogP contribution in [0.1, 0.15) is 29.7 Å². The predicted molar refractivity (Wildman–Crippen MR) is 74.9 cm³/mol. The number of benzene rings is 1. The number of aliphatic hydroxyl groups excluding tert-OH is 1. The van der Waals surface area contributed by atoms with E-state index in [0.717, 1.165) is 5.56 Å². The molecule has 1 aromatic carbocycles. The average molecular weight is 314 g/mol. The summed E-state index contributed by atoms with van der Waals surface area (Å²) in [7, 11) is 0. The molecule has 1 aliphatic heterocycles. The number of rotatable bonds is 3. The van der Waals surface area contributed by atoms with E-state index in [9.17, 15) is 5.11 Å². The number of aromatic nitrogens is 2. The highest BCUT2D eigenvalue weighted by Gasteiger charge is 2.28. The van der Waals surface area contributed by atoms with Crippen molar-refractivity contribution in [1.29, 1.82) is 0 Å². The van der Waals surface area contributed by atoms with Crippen LogP contribution in [0.15, 0.2) is 22.7 Å². The van der Waals surface area contributed by atoms with Gasteiger partial charge in [-0.2, -0.15) is 4.98 Å². The molecule has 2 heterocycles. The average Bonchev–Trinajstić information content (AvgIpc) is 3.03. The monoisotopic (exact) mass is 313 g/mol. The lowest BCUT2D eigenvalue weighted by molar-refractivity contribution is 0.191. The summed E-state index contributed by atoms with van der Waals surface area (Å²) in [6, 6.07) is 5.25. The van der Waals surface area contributed by atoms with E-state index in [-0.39, 0.29) is 12.1 Å². The maximum absolute atomic E-state index is 9.49. The highest BCUT2D eigenvalue weighted by molar-refractivity contribution is 6.36. The summed E-state index contributed by atoms with van der Waals surface area (Å²) in [4.78, 5) is 4.34. The summed E-state index contributed by atoms with van der Waals surface area (Å²) in [5, 5.41) is 17.7. The fourth-order valence-electron chi connectivity index (χ4n) is 2.25. The lowest BCUT2D eigenvalue weighted by atomic mass is 10.1. The second-order valence-electron chi connectivity index (χ2n) is 4.78. The minimum atomic E-state index is -0.367. The van der Waals surface area contributed by atoms with Gasteiger partial charge in [-0.15, -0.1) is 0 Å². The van der Waals surface area contributed by atoms with Crippen LogP contribution in [-0.2, 0) is 6.42 Å². The van der Waals surface area contributed by atoms with Gasteiger partial charge in [0.2, 0.25) is 5.89 Å². The zero-order chi connectivity index (χ0) is 14.1. The third-order valence-electron chi connectivity index (χ3n) is 3.29. The van der Waals surface area contributed by atoms with Crippen molar-refractivity contribution in [2.24, 2.45) is 0 Å². The topological polar surface area (TPSA) is 71.2 Å². The van der Waals surface area contributed by atoms with Gasteiger partial charge in [-0.1, -0.05) is 34.4 Å². The normalized spacial score (nSPS) is 22.4. The van der Waals surface area contributed by atoms with Crippen molar-refractivity contribution in [2.45, 2.75) is 25.0 Å². The standard InChI is InChI=1S/C13H13Cl2N3O2/c14-9-2-1-3-10(15)8(9)5-12-17-13(20-18-12)11-4-7(19)6-16-11/h1-3,7,11,16,19H,4-6H2/t7-,11-/m1/s1. The lowest BCUT2D eigenvalue weighted by Gasteiger charge is -2.03. The molecule has 2 aromatic rings. The maximum atomic E-state index is 9.49. The minimum Gasteiger partial charge on any atom is -0.392 e. The molecule has 2 atom stereocenters. The van der Waals surface area contributed by atoms with Gasteiger partial charge in [-0.3, -0.25) is 0 Å². The number of halogens is 2. The number of aliphatic hydroxyl groups is 1. The van der Waals surface area contributed by atoms with Crippen LogP contribution < -0.4 is 5.32 Å². The van der Waals surface area contributed by atoms with E-state index in [4.69, 9.17) is 27.7 Å². The first-order chi connectivity index (χ1) is 9.63. The first kappa shape index (κ1) is 13.8. The molecule has 5 nitrogen and oxygen atoms in total. The summed E-state index contributed by atoms with van der Waals surface area (Å²) in [6.45, 7) is 0.540. The molecule has 2 N–H and O–H groups in total. The number of nitrogens with one attached hydrogen (secondary N) is 1. The third kappa shape index (κ3) is 2.81. The van der Waals surface area contributed by atoms with Gasteiger partial charge in [0.05, 0.1) is 12.1 Å². The molecule has 3 rings (SSSR count). The lowest BCUT2D eigenvalue weighted by Crippen LogP contribution is -2.15. The van der Waals surface area contributed by atoms with Crippen molar-refractivity contribution < 1.29 is 9.63 Å². The van der Waals surface area contributed by atoms with E-state index in [2.05, 4.69) is 15.5 Å². The van der Waals surface area contributed by atoms with Crippen LogP contribution in [0, 0.1) is 0 Å². The quantitative estimate of drug-likeness (QED) is 0.910. The first-order valence-electron chi connectivity index (χ1n) is 6.30. The van der Waals surface area contributed by atoms with Gasteiger partial charge in [0.25, 0.3) is 0 Å². The van der Waals surface area contributed by atoms with Gasteiger partial charge < -0.3 is 14.9 Å². The Morgan fingerprint density at radius 2 is 2.10 bits per heavy atom. The van der Waals surface area contributed by atoms with Crippen molar-refractivity contribution >= 4 is 23.2 Å². The zero-order valence-electron chi connectivity index (χ0n) is 10.5. The van der Waals surface area contributed by atoms with E-state index >= 15 is 0 Å². The van der Waals surface area contributed by atoms with Crippen LogP contribution in [0.25, 0.3) is 0 Å². The Labute approximate surface area is 125 Å². The molecule has 0 saturated carbocycles. The van der Waals surface area contributed by atoms with Gasteiger partial charge in [0.1, 0.15) is 0 Å². The molecule has 1 fully saturated rings. The minimum absolute atomic E-state index is 0.0898. The Hall–Kier alpha value is -1.14. The van der Waals surface area contributed by atoms with E-state index in [1.165, 1.54) is 0 Å². The third-order valence-corrected chi connectivity index (χ3v) is 3.99. The molecular weight excluding hydrogens is 301 g/mol. The predicted octanol–water partition coefficient (Wildman–Crippen LogP) is 2.36. The summed E-state index contributed by atoms with van der Waals surface area (Å²) in [5.41, 5.74) is 0.780. The largest absolute Gasteiger partial charge is 0.392 e. The van der Waals surface area contributed by atoms with Crippen LogP contribution in [0.5, 0.6) is 0 Å². The second-order valence-corrected chi connectivity index (χ2v) is 5.59. The highest BCUT2D eigenvalue weighted by atomic mass is 35.5. The molecule has 106 valence electrons. The smallest absolute Gasteiger partial charge is 0.243 e. The van der Waals surface area contributed by atoms with Gasteiger partial charge in [0, 0.05) is 23.0 Å². The fraction of sp³-hybridized carbons (Fsp3) is 0.385. The van der Waals surface area contributed by atoms with Crippen molar-refractivity contribution in [3.63, 3.8) is 0 Å². The summed E-state index contributed by atoms with van der Waals surface area (Å²) < 4.78 is 5.23. The van der Waals surface area contributed by atoms with Crippen LogP contribution in [0.2, 0.25) is 10.0 Å². The van der Waals surface area contributed by atoms with Crippen LogP contribution in [-0.4, -0.2) is 27.9 Å². The number of nitrogens with zero attached hydrogens (tertiary/aromatic N) is 2. The summed E-state index contributed by atoms with van der Waals surface area (Å²) in [6.07, 6.45) is 0.625. The molecule has 20 heavy (non-hydrogen) atoms. The molecule has 0 aliphatic carbocycles. The molecule has 0 bridgehead atoms. The molecule has 0 radical (unpaired) electrons. The van der Waals surface area contributed by atoms with Gasteiger partial charge >= 0.3 is 0 Å². The Morgan fingerprint density at radius 3 is 2.75 bits per heavy atom. The summed E-state index contributed by atoms with van der Waals surface area (Å²) >= 11 is 12.2. The Kier molecular flexibility index (Phi) is 3.94. The van der Waals surface area contributed by atoms with Gasteiger partial charge in [-0.05, 0) is 24.1 Å². The van der Waals surface area contributed by atoms with Crippen LogP contribution in [0.4, 0.5) is 0 Å². The fourth-order valence-corrected chi connectivity index (χ4v) is 2.78. The second kappa shape index (κ2) is 5.69. The van der Waals surface area contributed by atoms with Crippen LogP contribution >= 0.6 is 23.2 Å². The first-order valence-corrected chi connectivity index (χ1v) is 7.06. The van der Waals surface area contributed by atoms with Crippen LogP contribution in [0.3, 0.4) is 0 Å². The van der Waals surface area contributed by atoms with E-state index in [1.807, 2.05) is 0 Å².